The molecule has 0 fully saturated rings. The predicted molar refractivity (Wildman–Crippen MR) is 88.6 cm³/mol. The summed E-state index contributed by atoms with van der Waals surface area (Å²) in [7, 11) is 1.19. The maximum Gasteiger partial charge on any atom is 0.435 e. The fourth-order valence-corrected chi connectivity index (χ4v) is 3.18. The Labute approximate surface area is 180 Å². The van der Waals surface area contributed by atoms with Gasteiger partial charge in [-0.15, -0.1) is 0 Å². The second kappa shape index (κ2) is 7.63. The van der Waals surface area contributed by atoms with Crippen molar-refractivity contribution in [2.75, 3.05) is 0 Å². The molecular weight excluding hydrogens is 502 g/mol. The van der Waals surface area contributed by atoms with Gasteiger partial charge in [-0.3, -0.25) is 0 Å². The zero-order valence-corrected chi connectivity index (χ0v) is 16.5. The van der Waals surface area contributed by atoms with Gasteiger partial charge in [-0.2, -0.15) is 52.7 Å². The molecule has 0 atom stereocenters. The molecule has 0 N–H and O–H groups in total. The van der Waals surface area contributed by atoms with E-state index in [0.29, 0.717) is 14.1 Å². The van der Waals surface area contributed by atoms with Crippen molar-refractivity contribution in [1.82, 2.24) is 24.1 Å². The van der Waals surface area contributed by atoms with Crippen molar-refractivity contribution in [2.24, 2.45) is 14.1 Å². The fraction of sp³-hybridized carbons (Fsp3) is 0.353. The molecule has 186 valence electrons. The van der Waals surface area contributed by atoms with E-state index in [-0.39, 0.29) is 9.13 Å². The van der Waals surface area contributed by atoms with E-state index in [1.807, 2.05) is 0 Å². The van der Waals surface area contributed by atoms with Crippen LogP contribution in [0.1, 0.15) is 22.8 Å². The molecule has 34 heavy (non-hydrogen) atoms. The Morgan fingerprint density at radius 1 is 0.529 bits per heavy atom. The summed E-state index contributed by atoms with van der Waals surface area (Å²) in [6, 6.07) is 2.71. The highest BCUT2D eigenvalue weighted by atomic mass is 19.4. The summed E-state index contributed by atoms with van der Waals surface area (Å²) in [5, 5.41) is 0. The third-order valence-corrected chi connectivity index (χ3v) is 4.47. The molecule has 3 aromatic heterocycles. The van der Waals surface area contributed by atoms with Crippen LogP contribution in [-0.2, 0) is 38.8 Å². The van der Waals surface area contributed by atoms with E-state index in [2.05, 4.69) is 15.0 Å². The number of nitrogens with zero attached hydrogens (tertiary/aromatic N) is 5. The number of hydrogen-bond donors (Lipinski definition) is 0. The van der Waals surface area contributed by atoms with Crippen LogP contribution < -0.4 is 0 Å². The molecule has 0 bridgehead atoms. The number of hydrogen-bond acceptors (Lipinski definition) is 3. The molecule has 0 saturated carbocycles. The SMILES string of the molecule is Cn1c(-c2cccc(-c3nc(C(F)(F)F)c(C(F)(F)F)n3C)n2)nc(C(F)(F)F)c1C(F)(F)F. The first kappa shape index (κ1) is 25.4. The van der Waals surface area contributed by atoms with Crippen molar-refractivity contribution in [2.45, 2.75) is 24.7 Å². The molecule has 0 aliphatic heterocycles. The Bertz CT molecular complexity index is 1130. The molecule has 0 amide bonds. The van der Waals surface area contributed by atoms with Crippen LogP contribution in [-0.4, -0.2) is 24.1 Å². The minimum atomic E-state index is -5.53. The standard InChI is InChI=1S/C17H9F12N5/c1-33-10(16(24,25)26)8(14(18,19)20)31-12(33)6-4-3-5-7(30-6)13-32-9(15(21,22)23)11(34(13)2)17(27,28)29/h3-5H,1-2H3. The van der Waals surface area contributed by atoms with E-state index in [1.165, 1.54) is 0 Å². The van der Waals surface area contributed by atoms with Crippen LogP contribution in [0.25, 0.3) is 23.0 Å². The number of pyridine rings is 1. The third-order valence-electron chi connectivity index (χ3n) is 4.47. The van der Waals surface area contributed by atoms with Gasteiger partial charge in [-0.1, -0.05) is 6.07 Å². The number of imidazole rings is 2. The lowest BCUT2D eigenvalue weighted by Gasteiger charge is -2.12. The Morgan fingerprint density at radius 3 is 1.09 bits per heavy atom. The minimum Gasteiger partial charge on any atom is -0.322 e. The van der Waals surface area contributed by atoms with Crippen molar-refractivity contribution in [1.29, 1.82) is 0 Å². The lowest BCUT2D eigenvalue weighted by molar-refractivity contribution is -0.167. The van der Waals surface area contributed by atoms with Gasteiger partial charge in [0, 0.05) is 14.1 Å². The molecule has 0 radical (unpaired) electrons. The van der Waals surface area contributed by atoms with Crippen molar-refractivity contribution >= 4 is 0 Å². The average Bonchev–Trinajstić information content (AvgIpc) is 3.18. The smallest absolute Gasteiger partial charge is 0.322 e. The molecule has 0 spiro atoms. The van der Waals surface area contributed by atoms with E-state index >= 15 is 0 Å². The first-order chi connectivity index (χ1) is 15.2. The topological polar surface area (TPSA) is 48.5 Å². The molecule has 0 unspecified atom stereocenters. The Balaban J connectivity index is 2.25. The predicted octanol–water partition coefficient (Wildman–Crippen LogP) is 5.96. The second-order valence-corrected chi connectivity index (χ2v) is 6.78. The van der Waals surface area contributed by atoms with Crippen molar-refractivity contribution in [3.05, 3.63) is 41.0 Å². The number of alkyl halides is 12. The minimum absolute atomic E-state index is 0.0235. The summed E-state index contributed by atoms with van der Waals surface area (Å²) in [5.41, 5.74) is -10.3. The summed E-state index contributed by atoms with van der Waals surface area (Å²) in [5.74, 6) is -1.97. The first-order valence-electron chi connectivity index (χ1n) is 8.64. The Kier molecular flexibility index (Phi) is 5.69. The lowest BCUT2D eigenvalue weighted by atomic mass is 10.2. The number of aromatic nitrogens is 5. The second-order valence-electron chi connectivity index (χ2n) is 6.78. The van der Waals surface area contributed by atoms with Gasteiger partial charge in [-0.25, -0.2) is 15.0 Å². The number of halogens is 12. The van der Waals surface area contributed by atoms with E-state index < -0.39 is 70.5 Å². The summed E-state index contributed by atoms with van der Waals surface area (Å²) in [6.45, 7) is 0. The highest BCUT2D eigenvalue weighted by Gasteiger charge is 2.50. The van der Waals surface area contributed by atoms with Crippen molar-refractivity contribution in [3.8, 4) is 23.0 Å². The maximum atomic E-state index is 13.2. The zero-order chi connectivity index (χ0) is 26.0. The van der Waals surface area contributed by atoms with Crippen LogP contribution >= 0.6 is 0 Å². The average molecular weight is 511 g/mol. The van der Waals surface area contributed by atoms with Crippen LogP contribution in [0.3, 0.4) is 0 Å². The molecule has 0 aliphatic rings. The summed E-state index contributed by atoms with van der Waals surface area (Å²) >= 11 is 0. The van der Waals surface area contributed by atoms with Gasteiger partial charge in [0.05, 0.1) is 0 Å². The van der Waals surface area contributed by atoms with Crippen LogP contribution in [0.15, 0.2) is 18.2 Å². The molecular formula is C17H9F12N5. The van der Waals surface area contributed by atoms with Crippen LogP contribution in [0, 0.1) is 0 Å². The highest BCUT2D eigenvalue weighted by Crippen LogP contribution is 2.43. The number of rotatable bonds is 2. The first-order valence-corrected chi connectivity index (χ1v) is 8.64. The van der Waals surface area contributed by atoms with Crippen LogP contribution in [0.4, 0.5) is 52.7 Å². The Hall–Kier alpha value is -3.27. The van der Waals surface area contributed by atoms with Crippen LogP contribution in [0.2, 0.25) is 0 Å². The largest absolute Gasteiger partial charge is 0.435 e. The maximum absolute atomic E-state index is 13.2. The van der Waals surface area contributed by atoms with E-state index in [1.54, 1.807) is 0 Å². The quantitative estimate of drug-likeness (QED) is 0.400. The monoisotopic (exact) mass is 511 g/mol. The summed E-state index contributed by atoms with van der Waals surface area (Å²) < 4.78 is 158. The van der Waals surface area contributed by atoms with Gasteiger partial charge in [0.25, 0.3) is 0 Å². The molecule has 3 rings (SSSR count). The van der Waals surface area contributed by atoms with E-state index in [4.69, 9.17) is 0 Å². The van der Waals surface area contributed by atoms with Gasteiger partial charge in [-0.05, 0) is 12.1 Å². The lowest BCUT2D eigenvalue weighted by Crippen LogP contribution is -2.19. The van der Waals surface area contributed by atoms with E-state index in [0.717, 1.165) is 18.2 Å². The molecule has 0 aromatic carbocycles. The highest BCUT2D eigenvalue weighted by molar-refractivity contribution is 5.60. The Morgan fingerprint density at radius 2 is 0.853 bits per heavy atom. The molecule has 17 heteroatoms. The normalized spacial score (nSPS) is 13.6. The van der Waals surface area contributed by atoms with Gasteiger partial charge in [0.15, 0.2) is 34.4 Å². The van der Waals surface area contributed by atoms with Crippen molar-refractivity contribution < 1.29 is 52.7 Å². The molecule has 5 nitrogen and oxygen atoms in total. The summed E-state index contributed by atoms with van der Waals surface area (Å²) in [4.78, 5) is 9.52. The molecule has 3 aromatic rings. The van der Waals surface area contributed by atoms with Gasteiger partial charge < -0.3 is 9.13 Å². The summed E-state index contributed by atoms with van der Waals surface area (Å²) in [6.07, 6.45) is -22.0. The van der Waals surface area contributed by atoms with Crippen LogP contribution in [0.5, 0.6) is 0 Å². The molecule has 0 saturated heterocycles. The molecule has 0 aliphatic carbocycles. The third kappa shape index (κ3) is 4.42. The van der Waals surface area contributed by atoms with Gasteiger partial charge >= 0.3 is 24.7 Å². The zero-order valence-electron chi connectivity index (χ0n) is 16.5. The van der Waals surface area contributed by atoms with E-state index in [9.17, 15) is 52.7 Å². The van der Waals surface area contributed by atoms with Crippen molar-refractivity contribution in [3.63, 3.8) is 0 Å². The van der Waals surface area contributed by atoms with Gasteiger partial charge in [0.2, 0.25) is 0 Å². The van der Waals surface area contributed by atoms with Gasteiger partial charge in [0.1, 0.15) is 11.4 Å². The fourth-order valence-electron chi connectivity index (χ4n) is 3.18. The molecule has 3 heterocycles.